The molecule has 0 aliphatic carbocycles. The first-order valence-corrected chi connectivity index (χ1v) is 22.5. The van der Waals surface area contributed by atoms with Gasteiger partial charge in [-0.25, -0.2) is 0 Å². The molecule has 1 atom stereocenters. The van der Waals surface area contributed by atoms with Gasteiger partial charge < -0.3 is 14.2 Å². The minimum Gasteiger partial charge on any atom is -0.462 e. The molecule has 0 aromatic heterocycles. The quantitative estimate of drug-likeness (QED) is 0.0355. The highest BCUT2D eigenvalue weighted by Crippen LogP contribution is 2.16. The second kappa shape index (κ2) is 41.2. The molecule has 6 heteroatoms. The molecule has 51 heavy (non-hydrogen) atoms. The summed E-state index contributed by atoms with van der Waals surface area (Å²) < 4.78 is 16.7. The molecule has 0 aromatic rings. The molecule has 0 bridgehead atoms. The highest BCUT2D eigenvalue weighted by atomic mass is 16.6. The molecule has 0 aliphatic rings. The van der Waals surface area contributed by atoms with Gasteiger partial charge in [0.1, 0.15) is 13.2 Å². The second-order valence-corrected chi connectivity index (χ2v) is 15.3. The van der Waals surface area contributed by atoms with Gasteiger partial charge in [0.05, 0.1) is 0 Å². The van der Waals surface area contributed by atoms with Gasteiger partial charge in [0, 0.05) is 19.3 Å². The van der Waals surface area contributed by atoms with Crippen molar-refractivity contribution >= 4 is 17.9 Å². The van der Waals surface area contributed by atoms with Crippen LogP contribution in [-0.4, -0.2) is 37.2 Å². The molecule has 0 N–H and O–H groups in total. The van der Waals surface area contributed by atoms with Crippen LogP contribution in [0.4, 0.5) is 0 Å². The van der Waals surface area contributed by atoms with Crippen LogP contribution in [-0.2, 0) is 28.6 Å². The summed E-state index contributed by atoms with van der Waals surface area (Å²) in [5.74, 6) is -0.858. The van der Waals surface area contributed by atoms with Crippen molar-refractivity contribution in [2.75, 3.05) is 13.2 Å². The highest BCUT2D eigenvalue weighted by Gasteiger charge is 2.19. The molecule has 0 aliphatic heterocycles. The van der Waals surface area contributed by atoms with Gasteiger partial charge in [0.25, 0.3) is 0 Å². The molecule has 0 amide bonds. The lowest BCUT2D eigenvalue weighted by molar-refractivity contribution is -0.167. The molecule has 0 aromatic carbocycles. The normalized spacial score (nSPS) is 11.8. The molecular formula is C45H86O6. The summed E-state index contributed by atoms with van der Waals surface area (Å²) in [5.41, 5.74) is 0. The number of ether oxygens (including phenoxy) is 3. The predicted octanol–water partition coefficient (Wildman–Crippen LogP) is 14.1. The first kappa shape index (κ1) is 49.4. The molecule has 0 rings (SSSR count). The minimum absolute atomic E-state index is 0.0632. The third-order valence-electron chi connectivity index (χ3n) is 10.1. The first-order valence-electron chi connectivity index (χ1n) is 22.5. The summed E-state index contributed by atoms with van der Waals surface area (Å²) in [6, 6.07) is 0. The van der Waals surface area contributed by atoms with Gasteiger partial charge in [-0.05, 0) is 19.3 Å². The Bertz CT molecular complexity index is 753. The fourth-order valence-electron chi connectivity index (χ4n) is 6.68. The Hall–Kier alpha value is -1.59. The van der Waals surface area contributed by atoms with Gasteiger partial charge in [-0.15, -0.1) is 0 Å². The Balaban J connectivity index is 4.27. The van der Waals surface area contributed by atoms with E-state index in [1.54, 1.807) is 0 Å². The van der Waals surface area contributed by atoms with Crippen LogP contribution in [0.5, 0.6) is 0 Å². The van der Waals surface area contributed by atoms with Gasteiger partial charge in [0.2, 0.25) is 0 Å². The predicted molar refractivity (Wildman–Crippen MR) is 215 cm³/mol. The van der Waals surface area contributed by atoms with E-state index < -0.39 is 6.10 Å². The largest absolute Gasteiger partial charge is 0.462 e. The maximum absolute atomic E-state index is 12.7. The number of carbonyl (C=O) groups is 3. The van der Waals surface area contributed by atoms with Crippen molar-refractivity contribution in [1.82, 2.24) is 0 Å². The monoisotopic (exact) mass is 723 g/mol. The van der Waals surface area contributed by atoms with Gasteiger partial charge >= 0.3 is 17.9 Å². The first-order chi connectivity index (χ1) is 25.0. The molecule has 1 unspecified atom stereocenters. The van der Waals surface area contributed by atoms with Crippen molar-refractivity contribution in [3.63, 3.8) is 0 Å². The molecule has 0 saturated carbocycles. The van der Waals surface area contributed by atoms with E-state index in [0.29, 0.717) is 19.3 Å². The zero-order chi connectivity index (χ0) is 37.3. The van der Waals surface area contributed by atoms with Crippen LogP contribution in [0.1, 0.15) is 252 Å². The zero-order valence-corrected chi connectivity index (χ0v) is 34.4. The molecule has 0 spiro atoms. The summed E-state index contributed by atoms with van der Waals surface area (Å²) in [6.45, 7) is 6.61. The van der Waals surface area contributed by atoms with E-state index in [0.717, 1.165) is 57.8 Å². The Kier molecular flexibility index (Phi) is 39.9. The topological polar surface area (TPSA) is 78.9 Å². The van der Waals surface area contributed by atoms with Crippen LogP contribution in [0.3, 0.4) is 0 Å². The number of rotatable bonds is 41. The van der Waals surface area contributed by atoms with Gasteiger partial charge in [-0.2, -0.15) is 0 Å². The van der Waals surface area contributed by atoms with Crippen LogP contribution < -0.4 is 0 Å². The molecule has 0 saturated heterocycles. The van der Waals surface area contributed by atoms with Crippen molar-refractivity contribution in [2.24, 2.45) is 0 Å². The summed E-state index contributed by atoms with van der Waals surface area (Å²) in [4.78, 5) is 37.5. The highest BCUT2D eigenvalue weighted by molar-refractivity contribution is 5.71. The number of hydrogen-bond acceptors (Lipinski definition) is 6. The third-order valence-corrected chi connectivity index (χ3v) is 10.1. The van der Waals surface area contributed by atoms with E-state index >= 15 is 0 Å². The fourth-order valence-corrected chi connectivity index (χ4v) is 6.68. The van der Waals surface area contributed by atoms with Crippen LogP contribution in [0.2, 0.25) is 0 Å². The summed E-state index contributed by atoms with van der Waals surface area (Å²) in [6.07, 6.45) is 40.9. The third kappa shape index (κ3) is 39.5. The summed E-state index contributed by atoms with van der Waals surface area (Å²) >= 11 is 0. The van der Waals surface area contributed by atoms with E-state index in [1.807, 2.05) is 0 Å². The summed E-state index contributed by atoms with van der Waals surface area (Å²) in [7, 11) is 0. The van der Waals surface area contributed by atoms with E-state index in [4.69, 9.17) is 14.2 Å². The lowest BCUT2D eigenvalue weighted by Crippen LogP contribution is -2.30. The number of unbranched alkanes of at least 4 members (excludes halogenated alkanes) is 30. The molecule has 0 heterocycles. The lowest BCUT2D eigenvalue weighted by atomic mass is 10.0. The Labute approximate surface area is 317 Å². The molecule has 6 nitrogen and oxygen atoms in total. The van der Waals surface area contributed by atoms with Crippen molar-refractivity contribution in [1.29, 1.82) is 0 Å². The van der Waals surface area contributed by atoms with Crippen molar-refractivity contribution in [3.8, 4) is 0 Å². The van der Waals surface area contributed by atoms with Crippen LogP contribution in [0.25, 0.3) is 0 Å². The van der Waals surface area contributed by atoms with E-state index in [2.05, 4.69) is 20.8 Å². The van der Waals surface area contributed by atoms with Crippen LogP contribution >= 0.6 is 0 Å². The van der Waals surface area contributed by atoms with Crippen LogP contribution in [0.15, 0.2) is 0 Å². The number of esters is 3. The Morgan fingerprint density at radius 2 is 0.529 bits per heavy atom. The Morgan fingerprint density at radius 1 is 0.314 bits per heavy atom. The van der Waals surface area contributed by atoms with E-state index in [-0.39, 0.29) is 31.1 Å². The standard InChI is InChI=1S/C45H86O6/c1-4-7-10-13-16-18-20-22-24-26-29-32-35-38-44(47)50-41-42(40-49-43(46)37-34-31-28-15-12-9-6-3)51-45(48)39-36-33-30-27-25-23-21-19-17-14-11-8-5-2/h42H,4-41H2,1-3H3. The lowest BCUT2D eigenvalue weighted by Gasteiger charge is -2.18. The molecule has 0 radical (unpaired) electrons. The fraction of sp³-hybridized carbons (Fsp3) is 0.933. The maximum atomic E-state index is 12.7. The van der Waals surface area contributed by atoms with Crippen molar-refractivity contribution in [3.05, 3.63) is 0 Å². The average molecular weight is 723 g/mol. The zero-order valence-electron chi connectivity index (χ0n) is 34.4. The van der Waals surface area contributed by atoms with Gasteiger partial charge in [0.15, 0.2) is 6.10 Å². The Morgan fingerprint density at radius 3 is 0.784 bits per heavy atom. The van der Waals surface area contributed by atoms with E-state index in [1.165, 1.54) is 154 Å². The average Bonchev–Trinajstić information content (AvgIpc) is 3.12. The maximum Gasteiger partial charge on any atom is 0.306 e. The van der Waals surface area contributed by atoms with Crippen molar-refractivity contribution in [2.45, 2.75) is 258 Å². The van der Waals surface area contributed by atoms with Crippen molar-refractivity contribution < 1.29 is 28.6 Å². The van der Waals surface area contributed by atoms with Crippen LogP contribution in [0, 0.1) is 0 Å². The summed E-state index contributed by atoms with van der Waals surface area (Å²) in [5, 5.41) is 0. The van der Waals surface area contributed by atoms with Gasteiger partial charge in [-0.3, -0.25) is 14.4 Å². The van der Waals surface area contributed by atoms with Gasteiger partial charge in [-0.1, -0.05) is 213 Å². The SMILES string of the molecule is CCCCCCCCCCCCCCCC(=O)OCC(COC(=O)CCCCCCCCC)OC(=O)CCCCCCCCCCCCCCC. The molecule has 0 fully saturated rings. The second-order valence-electron chi connectivity index (χ2n) is 15.3. The number of hydrogen-bond donors (Lipinski definition) is 0. The smallest absolute Gasteiger partial charge is 0.306 e. The molecule has 302 valence electrons. The minimum atomic E-state index is -0.756. The van der Waals surface area contributed by atoms with E-state index in [9.17, 15) is 14.4 Å². The number of carbonyl (C=O) groups excluding carboxylic acids is 3. The molecular weight excluding hydrogens is 636 g/mol.